The molecule has 0 spiro atoms. The second-order valence-corrected chi connectivity index (χ2v) is 6.40. The van der Waals surface area contributed by atoms with Crippen molar-refractivity contribution in [2.24, 2.45) is 7.05 Å². The number of hydrogen-bond acceptors (Lipinski definition) is 4. The second-order valence-electron chi connectivity index (χ2n) is 5.37. The predicted molar refractivity (Wildman–Crippen MR) is 93.0 cm³/mol. The third-order valence-corrected chi connectivity index (χ3v) is 4.56. The van der Waals surface area contributed by atoms with Crippen molar-refractivity contribution in [1.82, 2.24) is 14.8 Å². The molecule has 0 aliphatic carbocycles. The van der Waals surface area contributed by atoms with Crippen LogP contribution in [0.1, 0.15) is 18.2 Å². The molecule has 3 aromatic rings. The molecule has 1 aromatic carbocycles. The Morgan fingerprint density at radius 3 is 2.62 bits per heavy atom. The van der Waals surface area contributed by atoms with E-state index in [1.54, 1.807) is 31.2 Å². The summed E-state index contributed by atoms with van der Waals surface area (Å²) in [5, 5.41) is 6.94. The fourth-order valence-corrected chi connectivity index (χ4v) is 3.25. The van der Waals surface area contributed by atoms with Gasteiger partial charge in [-0.2, -0.15) is 18.3 Å². The van der Waals surface area contributed by atoms with Gasteiger partial charge in [-0.15, -0.1) is 0 Å². The van der Waals surface area contributed by atoms with Crippen molar-refractivity contribution in [2.45, 2.75) is 13.1 Å². The maximum absolute atomic E-state index is 14.0. The molecule has 4 nitrogen and oxygen atoms in total. The highest BCUT2D eigenvalue weighted by Gasteiger charge is 2.34. The molecule has 26 heavy (non-hydrogen) atoms. The average Bonchev–Trinajstić information content (AvgIpc) is 3.19. The van der Waals surface area contributed by atoms with Crippen molar-refractivity contribution in [3.05, 3.63) is 59.7 Å². The molecular weight excluding hydrogens is 368 g/mol. The summed E-state index contributed by atoms with van der Waals surface area (Å²) >= 11 is 1.15. The summed E-state index contributed by atoms with van der Waals surface area (Å²) in [4.78, 5) is 4.69. The van der Waals surface area contributed by atoms with Gasteiger partial charge in [0, 0.05) is 24.5 Å². The first kappa shape index (κ1) is 18.1. The van der Waals surface area contributed by atoms with Crippen molar-refractivity contribution < 1.29 is 17.6 Å². The minimum Gasteiger partial charge on any atom is -0.331 e. The maximum Gasteiger partial charge on any atom is 0.435 e. The van der Waals surface area contributed by atoms with Crippen LogP contribution in [0, 0.1) is 5.82 Å². The predicted octanol–water partition coefficient (Wildman–Crippen LogP) is 5.17. The Labute approximate surface area is 150 Å². The second kappa shape index (κ2) is 6.91. The number of benzene rings is 1. The molecule has 0 aliphatic heterocycles. The van der Waals surface area contributed by atoms with E-state index in [0.717, 1.165) is 22.1 Å². The zero-order valence-electron chi connectivity index (χ0n) is 13.8. The number of nitrogens with one attached hydrogen (secondary N) is 1. The molecule has 1 N–H and O–H groups in total. The fourth-order valence-electron chi connectivity index (χ4n) is 2.38. The Bertz CT molecular complexity index is 956. The Morgan fingerprint density at radius 1 is 1.27 bits per heavy atom. The number of allylic oxidation sites excluding steroid dienone is 1. The minimum absolute atomic E-state index is 0.302. The summed E-state index contributed by atoms with van der Waals surface area (Å²) in [6.07, 6.45) is -1.35. The molecule has 0 fully saturated rings. The molecule has 0 bridgehead atoms. The summed E-state index contributed by atoms with van der Waals surface area (Å²) in [7, 11) is 1.44. The number of halogens is 4. The molecule has 0 saturated heterocycles. The molecule has 0 amide bonds. The molecule has 0 atom stereocenters. The van der Waals surface area contributed by atoms with Gasteiger partial charge in [-0.25, -0.2) is 9.37 Å². The molecule has 9 heteroatoms. The Morgan fingerprint density at radius 2 is 2.00 bits per heavy atom. The van der Waals surface area contributed by atoms with Gasteiger partial charge in [-0.1, -0.05) is 29.5 Å². The van der Waals surface area contributed by atoms with E-state index in [2.05, 4.69) is 15.4 Å². The summed E-state index contributed by atoms with van der Waals surface area (Å²) in [5.74, 6) is -0.383. The van der Waals surface area contributed by atoms with Gasteiger partial charge in [0.2, 0.25) is 0 Å². The van der Waals surface area contributed by atoms with E-state index in [4.69, 9.17) is 0 Å². The van der Waals surface area contributed by atoms with Crippen LogP contribution in [0.3, 0.4) is 0 Å². The smallest absolute Gasteiger partial charge is 0.331 e. The zero-order valence-corrected chi connectivity index (χ0v) is 14.6. The summed E-state index contributed by atoms with van der Waals surface area (Å²) < 4.78 is 53.5. The number of hydrogen-bond donors (Lipinski definition) is 1. The minimum atomic E-state index is -4.51. The number of anilines is 1. The van der Waals surface area contributed by atoms with E-state index in [0.29, 0.717) is 27.0 Å². The number of aryl methyl sites for hydroxylation is 1. The van der Waals surface area contributed by atoms with Crippen LogP contribution in [0.2, 0.25) is 0 Å². The highest BCUT2D eigenvalue weighted by Crippen LogP contribution is 2.35. The molecule has 0 unspecified atom stereocenters. The van der Waals surface area contributed by atoms with E-state index in [-0.39, 0.29) is 5.82 Å². The monoisotopic (exact) mass is 382 g/mol. The number of rotatable bonds is 4. The van der Waals surface area contributed by atoms with Gasteiger partial charge in [-0.05, 0) is 25.1 Å². The standard InChI is InChI=1S/C17H14F4N4S/c1-3-12(10-6-4-5-7-11(10)18)23-16-22-9-14(26-16)13-8-15(17(19,20)21)24-25(13)2/h3-9H,1-2H3,(H,22,23)/b12-3+. The Hall–Kier alpha value is -2.68. The van der Waals surface area contributed by atoms with Gasteiger partial charge >= 0.3 is 6.18 Å². The van der Waals surface area contributed by atoms with Crippen LogP contribution in [0.5, 0.6) is 0 Å². The van der Waals surface area contributed by atoms with E-state index in [1.165, 1.54) is 19.3 Å². The third-order valence-electron chi connectivity index (χ3n) is 3.62. The third kappa shape index (κ3) is 3.62. The average molecular weight is 382 g/mol. The van der Waals surface area contributed by atoms with Gasteiger partial charge in [0.1, 0.15) is 5.82 Å². The van der Waals surface area contributed by atoms with Crippen molar-refractivity contribution in [1.29, 1.82) is 0 Å². The maximum atomic E-state index is 14.0. The number of nitrogens with zero attached hydrogens (tertiary/aromatic N) is 3. The van der Waals surface area contributed by atoms with Crippen LogP contribution in [-0.2, 0) is 13.2 Å². The van der Waals surface area contributed by atoms with E-state index in [1.807, 2.05) is 0 Å². The Balaban J connectivity index is 1.87. The topological polar surface area (TPSA) is 42.7 Å². The van der Waals surface area contributed by atoms with Crippen LogP contribution in [0.4, 0.5) is 22.7 Å². The molecule has 0 aliphatic rings. The quantitative estimate of drug-likeness (QED) is 0.633. The van der Waals surface area contributed by atoms with Crippen molar-refractivity contribution in [3.63, 3.8) is 0 Å². The van der Waals surface area contributed by atoms with Gasteiger partial charge in [0.25, 0.3) is 0 Å². The van der Waals surface area contributed by atoms with Crippen LogP contribution in [-0.4, -0.2) is 14.8 Å². The molecular formula is C17H14F4N4S. The lowest BCUT2D eigenvalue weighted by Crippen LogP contribution is -2.06. The number of aromatic nitrogens is 3. The summed E-state index contributed by atoms with van der Waals surface area (Å²) in [6.45, 7) is 1.75. The van der Waals surface area contributed by atoms with Crippen molar-refractivity contribution in [3.8, 4) is 10.6 Å². The van der Waals surface area contributed by atoms with Crippen LogP contribution >= 0.6 is 11.3 Å². The molecule has 2 heterocycles. The molecule has 3 rings (SSSR count). The first-order valence-electron chi connectivity index (χ1n) is 7.55. The van der Waals surface area contributed by atoms with Gasteiger partial charge in [-0.3, -0.25) is 4.68 Å². The summed E-state index contributed by atoms with van der Waals surface area (Å²) in [5.41, 5.74) is 0.242. The van der Waals surface area contributed by atoms with Gasteiger partial charge < -0.3 is 5.32 Å². The normalized spacial score (nSPS) is 12.5. The van der Waals surface area contributed by atoms with Crippen molar-refractivity contribution >= 4 is 22.2 Å². The lowest BCUT2D eigenvalue weighted by Gasteiger charge is -2.09. The fraction of sp³-hybridized carbons (Fsp3) is 0.176. The number of thiazole rings is 1. The largest absolute Gasteiger partial charge is 0.435 e. The van der Waals surface area contributed by atoms with Crippen LogP contribution < -0.4 is 5.32 Å². The van der Waals surface area contributed by atoms with Crippen LogP contribution in [0.25, 0.3) is 16.3 Å². The summed E-state index contributed by atoms with van der Waals surface area (Å²) in [6, 6.07) is 7.26. The zero-order chi connectivity index (χ0) is 18.9. The van der Waals surface area contributed by atoms with Gasteiger partial charge in [0.15, 0.2) is 10.8 Å². The molecule has 136 valence electrons. The first-order valence-corrected chi connectivity index (χ1v) is 8.37. The highest BCUT2D eigenvalue weighted by atomic mass is 32.1. The van der Waals surface area contributed by atoms with E-state index >= 15 is 0 Å². The lowest BCUT2D eigenvalue weighted by molar-refractivity contribution is -0.141. The number of alkyl halides is 3. The van der Waals surface area contributed by atoms with Gasteiger partial charge in [0.05, 0.1) is 10.6 Å². The van der Waals surface area contributed by atoms with Crippen LogP contribution in [0.15, 0.2) is 42.6 Å². The van der Waals surface area contributed by atoms with E-state index in [9.17, 15) is 17.6 Å². The Kier molecular flexibility index (Phi) is 4.82. The SMILES string of the molecule is C/C=C(/Nc1ncc(-c2cc(C(F)(F)F)nn2C)s1)c1ccccc1F. The van der Waals surface area contributed by atoms with Crippen molar-refractivity contribution in [2.75, 3.05) is 5.32 Å². The molecule has 2 aromatic heterocycles. The van der Waals surface area contributed by atoms with E-state index < -0.39 is 11.9 Å². The molecule has 0 radical (unpaired) electrons. The first-order chi connectivity index (χ1) is 12.3. The molecule has 0 saturated carbocycles. The highest BCUT2D eigenvalue weighted by molar-refractivity contribution is 7.18. The lowest BCUT2D eigenvalue weighted by atomic mass is 10.1.